The molecule has 0 aromatic carbocycles. The normalized spacial score (nSPS) is 24.0. The maximum atomic E-state index is 11.5. The van der Waals surface area contributed by atoms with Crippen molar-refractivity contribution in [1.82, 2.24) is 4.90 Å². The molecule has 1 aromatic rings. The highest BCUT2D eigenvalue weighted by molar-refractivity contribution is 5.86. The molecule has 0 bridgehead atoms. The zero-order valence-electron chi connectivity index (χ0n) is 13.6. The number of furan rings is 1. The fraction of sp³-hybridized carbons (Fsp3) is 0.706. The standard InChI is InChI=1S/C17H27NO3/c1-5-13-6-8-14(9-7-13)18(3)12(2)15-10-11-16(21-15)17(19)20-4/h10-14H,5-9H2,1-4H3. The van der Waals surface area contributed by atoms with Crippen molar-refractivity contribution in [3.63, 3.8) is 0 Å². The number of carbonyl (C=O) groups excluding carboxylic acids is 1. The largest absolute Gasteiger partial charge is 0.463 e. The maximum absolute atomic E-state index is 11.5. The Bertz CT molecular complexity index is 460. The average molecular weight is 293 g/mol. The molecule has 0 aliphatic heterocycles. The average Bonchev–Trinajstić information content (AvgIpc) is 3.02. The molecular formula is C17H27NO3. The number of ether oxygens (including phenoxy) is 1. The van der Waals surface area contributed by atoms with E-state index in [0.717, 1.165) is 11.7 Å². The van der Waals surface area contributed by atoms with Crippen molar-refractivity contribution >= 4 is 5.97 Å². The van der Waals surface area contributed by atoms with E-state index in [9.17, 15) is 4.79 Å². The van der Waals surface area contributed by atoms with E-state index in [2.05, 4.69) is 30.5 Å². The smallest absolute Gasteiger partial charge is 0.373 e. The minimum atomic E-state index is -0.417. The molecule has 4 nitrogen and oxygen atoms in total. The highest BCUT2D eigenvalue weighted by Gasteiger charge is 2.27. The molecule has 1 unspecified atom stereocenters. The first-order chi connectivity index (χ1) is 10.1. The fourth-order valence-electron chi connectivity index (χ4n) is 3.26. The van der Waals surface area contributed by atoms with Crippen LogP contribution in [0, 0.1) is 5.92 Å². The van der Waals surface area contributed by atoms with Crippen LogP contribution in [0.5, 0.6) is 0 Å². The predicted octanol–water partition coefficient (Wildman–Crippen LogP) is 4.03. The van der Waals surface area contributed by atoms with Crippen LogP contribution in [-0.2, 0) is 4.74 Å². The number of esters is 1. The van der Waals surface area contributed by atoms with Crippen LogP contribution in [0.4, 0.5) is 0 Å². The molecule has 0 amide bonds. The van der Waals surface area contributed by atoms with E-state index in [-0.39, 0.29) is 11.8 Å². The van der Waals surface area contributed by atoms with E-state index in [4.69, 9.17) is 4.42 Å². The summed E-state index contributed by atoms with van der Waals surface area (Å²) in [5.74, 6) is 1.59. The summed E-state index contributed by atoms with van der Waals surface area (Å²) in [6.07, 6.45) is 6.45. The van der Waals surface area contributed by atoms with Crippen LogP contribution in [0.25, 0.3) is 0 Å². The Balaban J connectivity index is 1.97. The van der Waals surface area contributed by atoms with Crippen LogP contribution >= 0.6 is 0 Å². The molecule has 0 spiro atoms. The van der Waals surface area contributed by atoms with Gasteiger partial charge >= 0.3 is 5.97 Å². The summed E-state index contributed by atoms with van der Waals surface area (Å²) in [4.78, 5) is 13.8. The summed E-state index contributed by atoms with van der Waals surface area (Å²) in [5.41, 5.74) is 0. The Kier molecular flexibility index (Phi) is 5.45. The Labute approximate surface area is 127 Å². The number of hydrogen-bond donors (Lipinski definition) is 0. The molecule has 1 aliphatic carbocycles. The van der Waals surface area contributed by atoms with Gasteiger partial charge in [0.15, 0.2) is 0 Å². The first-order valence-corrected chi connectivity index (χ1v) is 7.96. The Hall–Kier alpha value is -1.29. The molecule has 1 fully saturated rings. The van der Waals surface area contributed by atoms with Crippen molar-refractivity contribution in [1.29, 1.82) is 0 Å². The van der Waals surface area contributed by atoms with E-state index in [1.807, 2.05) is 6.07 Å². The van der Waals surface area contributed by atoms with Gasteiger partial charge in [-0.05, 0) is 57.7 Å². The van der Waals surface area contributed by atoms with Gasteiger partial charge in [0.05, 0.1) is 13.2 Å². The van der Waals surface area contributed by atoms with E-state index in [1.165, 1.54) is 39.2 Å². The highest BCUT2D eigenvalue weighted by atomic mass is 16.5. The quantitative estimate of drug-likeness (QED) is 0.769. The number of methoxy groups -OCH3 is 1. The van der Waals surface area contributed by atoms with Crippen molar-refractivity contribution in [3.8, 4) is 0 Å². The van der Waals surface area contributed by atoms with Gasteiger partial charge in [0.1, 0.15) is 5.76 Å². The molecule has 0 saturated heterocycles. The van der Waals surface area contributed by atoms with E-state index in [1.54, 1.807) is 6.07 Å². The summed E-state index contributed by atoms with van der Waals surface area (Å²) in [6.45, 7) is 4.42. The minimum Gasteiger partial charge on any atom is -0.463 e. The van der Waals surface area contributed by atoms with Crippen LogP contribution in [-0.4, -0.2) is 31.1 Å². The molecule has 1 heterocycles. The molecule has 0 N–H and O–H groups in total. The lowest BCUT2D eigenvalue weighted by Gasteiger charge is -2.37. The Morgan fingerprint density at radius 3 is 2.62 bits per heavy atom. The SMILES string of the molecule is CCC1CCC(N(C)C(C)c2ccc(C(=O)OC)o2)CC1. The van der Waals surface area contributed by atoms with Gasteiger partial charge in [-0.2, -0.15) is 0 Å². The van der Waals surface area contributed by atoms with Gasteiger partial charge in [0, 0.05) is 6.04 Å². The van der Waals surface area contributed by atoms with Crippen LogP contribution in [0.1, 0.15) is 68.3 Å². The molecule has 1 saturated carbocycles. The van der Waals surface area contributed by atoms with Gasteiger partial charge in [-0.3, -0.25) is 4.90 Å². The van der Waals surface area contributed by atoms with E-state index >= 15 is 0 Å². The zero-order chi connectivity index (χ0) is 15.4. The van der Waals surface area contributed by atoms with Crippen LogP contribution in [0.2, 0.25) is 0 Å². The predicted molar refractivity (Wildman–Crippen MR) is 82.3 cm³/mol. The lowest BCUT2D eigenvalue weighted by atomic mass is 9.83. The third-order valence-corrected chi connectivity index (χ3v) is 5.01. The van der Waals surface area contributed by atoms with Crippen molar-refractivity contribution < 1.29 is 13.9 Å². The molecule has 1 atom stereocenters. The van der Waals surface area contributed by atoms with Crippen molar-refractivity contribution in [3.05, 3.63) is 23.7 Å². The van der Waals surface area contributed by atoms with Crippen molar-refractivity contribution in [2.75, 3.05) is 14.2 Å². The second-order valence-electron chi connectivity index (χ2n) is 6.12. The van der Waals surface area contributed by atoms with Gasteiger partial charge in [-0.15, -0.1) is 0 Å². The van der Waals surface area contributed by atoms with Crippen LogP contribution in [0.15, 0.2) is 16.5 Å². The highest BCUT2D eigenvalue weighted by Crippen LogP contribution is 2.33. The van der Waals surface area contributed by atoms with E-state index < -0.39 is 5.97 Å². The maximum Gasteiger partial charge on any atom is 0.373 e. The van der Waals surface area contributed by atoms with Gasteiger partial charge < -0.3 is 9.15 Å². The zero-order valence-corrected chi connectivity index (χ0v) is 13.6. The fourth-order valence-corrected chi connectivity index (χ4v) is 3.26. The van der Waals surface area contributed by atoms with Crippen LogP contribution < -0.4 is 0 Å². The number of rotatable bonds is 5. The summed E-state index contributed by atoms with van der Waals surface area (Å²) < 4.78 is 10.3. The first kappa shape index (κ1) is 16.1. The van der Waals surface area contributed by atoms with Crippen LogP contribution in [0.3, 0.4) is 0 Å². The van der Waals surface area contributed by atoms with Crippen molar-refractivity contribution in [2.45, 2.75) is 58.0 Å². The molecule has 21 heavy (non-hydrogen) atoms. The summed E-state index contributed by atoms with van der Waals surface area (Å²) >= 11 is 0. The third kappa shape index (κ3) is 3.67. The number of nitrogens with zero attached hydrogens (tertiary/aromatic N) is 1. The van der Waals surface area contributed by atoms with Gasteiger partial charge in [-0.1, -0.05) is 13.3 Å². The number of carbonyl (C=O) groups is 1. The topological polar surface area (TPSA) is 42.7 Å². The third-order valence-electron chi connectivity index (χ3n) is 5.01. The van der Waals surface area contributed by atoms with Gasteiger partial charge in [0.2, 0.25) is 5.76 Å². The molecule has 4 heteroatoms. The lowest BCUT2D eigenvalue weighted by molar-refractivity contribution is 0.0555. The minimum absolute atomic E-state index is 0.173. The first-order valence-electron chi connectivity index (χ1n) is 7.96. The Morgan fingerprint density at radius 2 is 2.05 bits per heavy atom. The van der Waals surface area contributed by atoms with Gasteiger partial charge in [0.25, 0.3) is 0 Å². The van der Waals surface area contributed by atoms with Gasteiger partial charge in [-0.25, -0.2) is 4.79 Å². The molecule has 118 valence electrons. The number of hydrogen-bond acceptors (Lipinski definition) is 4. The molecule has 1 aliphatic rings. The monoisotopic (exact) mass is 293 g/mol. The Morgan fingerprint density at radius 1 is 1.38 bits per heavy atom. The summed E-state index contributed by atoms with van der Waals surface area (Å²) in [5, 5.41) is 0. The molecular weight excluding hydrogens is 266 g/mol. The van der Waals surface area contributed by atoms with Crippen molar-refractivity contribution in [2.24, 2.45) is 5.92 Å². The second-order valence-corrected chi connectivity index (χ2v) is 6.12. The second kappa shape index (κ2) is 7.12. The van der Waals surface area contributed by atoms with E-state index in [0.29, 0.717) is 6.04 Å². The lowest BCUT2D eigenvalue weighted by Crippen LogP contribution is -2.36. The molecule has 0 radical (unpaired) electrons. The summed E-state index contributed by atoms with van der Waals surface area (Å²) in [7, 11) is 3.52. The molecule has 2 rings (SSSR count). The summed E-state index contributed by atoms with van der Waals surface area (Å²) in [6, 6.07) is 4.35. The molecule has 1 aromatic heterocycles.